The molecule has 2 aromatic rings. The highest BCUT2D eigenvalue weighted by Crippen LogP contribution is 2.43. The molecule has 0 bridgehead atoms. The molecule has 0 radical (unpaired) electrons. The number of Topliss-reactive ketones (excluding diaryl/α,β-unsaturated/α-hetero) is 1. The number of methoxy groups -OCH3 is 1. The highest BCUT2D eigenvalue weighted by molar-refractivity contribution is 5.85. The Bertz CT molecular complexity index is 2040. The minimum Gasteiger partial charge on any atom is -0.458 e. The Hall–Kier alpha value is -3.58. The number of likely N-dealkylation sites (N-methyl/N-ethyl adjacent to an activating group) is 1. The van der Waals surface area contributed by atoms with Crippen molar-refractivity contribution in [3.8, 4) is 0 Å². The molecule has 368 valence electrons. The standard InChI is InChI=1S/C50H75N3O13/c1-14-37-50(10)42(52-47(58)66-50)29(4)39(54)27(2)24-49(9,60-21-17-18-33-23-34-19-15-16-20-35(34)51-26-33)44(65-46-40(55)36(53(11)12)22-28(3)61-46)30(5)41(31(6)45(57)63-37)64-38-25-48(8,59-13)43(56)32(7)62-38/h15-20,23,26-32,36-38,40-44,46,55-56H,14,21-22,24-25H2,1-13H3,(H,52,58)/b18-17+/t27-,28-,29-,30+,31-,32+,36+,37+,38+,40-,41+,42-,43+,44-,46+,48-,49+,50-/m1/s1. The topological polar surface area (TPSA) is 194 Å². The van der Waals surface area contributed by atoms with Gasteiger partial charge in [-0.1, -0.05) is 58.0 Å². The Labute approximate surface area is 390 Å². The Kier molecular flexibility index (Phi) is 16.5. The zero-order valence-corrected chi connectivity index (χ0v) is 41.1. The maximum absolute atomic E-state index is 14.8. The predicted molar refractivity (Wildman–Crippen MR) is 246 cm³/mol. The molecule has 3 N–H and O–H groups in total. The van der Waals surface area contributed by atoms with Gasteiger partial charge in [0.2, 0.25) is 0 Å². The summed E-state index contributed by atoms with van der Waals surface area (Å²) in [6, 6.07) is 8.73. The number of hydrogen-bond acceptors (Lipinski definition) is 15. The van der Waals surface area contributed by atoms with Gasteiger partial charge in [-0.15, -0.1) is 0 Å². The summed E-state index contributed by atoms with van der Waals surface area (Å²) in [5.41, 5.74) is -2.08. The fourth-order valence-electron chi connectivity index (χ4n) is 10.9. The van der Waals surface area contributed by atoms with E-state index in [0.29, 0.717) is 6.42 Å². The molecule has 0 saturated carbocycles. The van der Waals surface area contributed by atoms with Crippen molar-refractivity contribution in [3.63, 3.8) is 0 Å². The van der Waals surface area contributed by atoms with E-state index in [4.69, 9.17) is 37.9 Å². The van der Waals surface area contributed by atoms with Gasteiger partial charge in [0.1, 0.15) is 24.1 Å². The number of cyclic esters (lactones) is 1. The van der Waals surface area contributed by atoms with Crippen molar-refractivity contribution in [3.05, 3.63) is 48.2 Å². The summed E-state index contributed by atoms with van der Waals surface area (Å²) in [5, 5.41) is 27.0. The molecule has 6 rings (SSSR count). The van der Waals surface area contributed by atoms with E-state index in [2.05, 4.69) is 10.3 Å². The van der Waals surface area contributed by atoms with Gasteiger partial charge in [-0.2, -0.15) is 0 Å². The lowest BCUT2D eigenvalue weighted by Gasteiger charge is -2.50. The summed E-state index contributed by atoms with van der Waals surface area (Å²) in [6.07, 6.45) is -2.31. The lowest BCUT2D eigenvalue weighted by atomic mass is 9.73. The number of nitrogens with one attached hydrogen (secondary N) is 1. The number of rotatable bonds is 11. The van der Waals surface area contributed by atoms with Gasteiger partial charge >= 0.3 is 12.1 Å². The van der Waals surface area contributed by atoms with Crippen LogP contribution >= 0.6 is 0 Å². The number of aliphatic hydroxyl groups excluding tert-OH is 2. The number of amides is 1. The SMILES string of the molecule is CC[C@@H]1OC(=O)[C@H](C)[C@@H](O[C@H]2C[C@@](C)(OC)[C@@H](O)[C@H](C)O2)[C@H](C)[C@@H](O[C@@H]2O[C@H](C)C[C@H](N(C)C)[C@H]2O)[C@@](C)(OC/C=C/c2cnc3ccccc3c2)C[C@@H](C)C(=O)[C@@H](C)[C@H]2NC(=O)O[C@]12C. The van der Waals surface area contributed by atoms with Gasteiger partial charge in [0.25, 0.3) is 0 Å². The molecule has 1 amide bonds. The highest BCUT2D eigenvalue weighted by atomic mass is 16.7. The maximum atomic E-state index is 14.8. The molecule has 66 heavy (non-hydrogen) atoms. The van der Waals surface area contributed by atoms with E-state index in [9.17, 15) is 24.6 Å². The molecule has 1 aromatic carbocycles. The van der Waals surface area contributed by atoms with Crippen LogP contribution < -0.4 is 5.32 Å². The minimum absolute atomic E-state index is 0.0659. The number of carbonyl (C=O) groups excluding carboxylic acids is 3. The molecule has 5 heterocycles. The molecular formula is C50H75N3O13. The summed E-state index contributed by atoms with van der Waals surface area (Å²) in [5.74, 6) is -4.06. The molecule has 1 aromatic heterocycles. The molecule has 16 nitrogen and oxygen atoms in total. The zero-order valence-electron chi connectivity index (χ0n) is 41.1. The third-order valence-corrected chi connectivity index (χ3v) is 14.9. The Balaban J connectivity index is 1.48. The van der Waals surface area contributed by atoms with Crippen LogP contribution in [-0.2, 0) is 47.5 Å². The van der Waals surface area contributed by atoms with E-state index in [-0.39, 0.29) is 43.8 Å². The van der Waals surface area contributed by atoms with Gasteiger partial charge in [0, 0.05) is 48.9 Å². The van der Waals surface area contributed by atoms with E-state index in [1.165, 1.54) is 7.11 Å². The quantitative estimate of drug-likeness (QED) is 0.228. The van der Waals surface area contributed by atoms with Gasteiger partial charge in [-0.3, -0.25) is 14.6 Å². The summed E-state index contributed by atoms with van der Waals surface area (Å²) >= 11 is 0. The number of aromatic nitrogens is 1. The molecule has 4 aliphatic rings. The van der Waals surface area contributed by atoms with Crippen molar-refractivity contribution in [1.82, 2.24) is 15.2 Å². The first-order valence-corrected chi connectivity index (χ1v) is 23.6. The number of aliphatic hydroxyl groups is 2. The first-order chi connectivity index (χ1) is 31.0. The Morgan fingerprint density at radius 3 is 2.35 bits per heavy atom. The van der Waals surface area contributed by atoms with Crippen LogP contribution in [0.15, 0.2) is 42.6 Å². The number of ether oxygens (including phenoxy) is 8. The van der Waals surface area contributed by atoms with Crippen LogP contribution in [0.1, 0.15) is 100 Å². The highest BCUT2D eigenvalue weighted by Gasteiger charge is 2.58. The van der Waals surface area contributed by atoms with Gasteiger partial charge in [-0.25, -0.2) is 4.79 Å². The van der Waals surface area contributed by atoms with Gasteiger partial charge in [0.05, 0.1) is 59.7 Å². The van der Waals surface area contributed by atoms with Crippen molar-refractivity contribution in [2.24, 2.45) is 23.7 Å². The largest absolute Gasteiger partial charge is 0.458 e. The van der Waals surface area contributed by atoms with E-state index in [1.807, 2.05) is 96.1 Å². The normalized spacial score (nSPS) is 41.9. The van der Waals surface area contributed by atoms with Crippen molar-refractivity contribution in [2.75, 3.05) is 27.8 Å². The summed E-state index contributed by atoms with van der Waals surface area (Å²) in [6.45, 7) is 18.1. The van der Waals surface area contributed by atoms with Crippen LogP contribution in [0, 0.1) is 23.7 Å². The fourth-order valence-corrected chi connectivity index (χ4v) is 10.9. The summed E-state index contributed by atoms with van der Waals surface area (Å²) in [7, 11) is 5.31. The van der Waals surface area contributed by atoms with Crippen molar-refractivity contribution in [1.29, 1.82) is 0 Å². The van der Waals surface area contributed by atoms with Gasteiger partial charge < -0.3 is 58.3 Å². The van der Waals surface area contributed by atoms with E-state index in [1.54, 1.807) is 40.8 Å². The monoisotopic (exact) mass is 926 g/mol. The number of hydrogen-bond donors (Lipinski definition) is 3. The first kappa shape index (κ1) is 51.8. The molecule has 4 aliphatic heterocycles. The van der Waals surface area contributed by atoms with Crippen molar-refractivity contribution >= 4 is 34.8 Å². The van der Waals surface area contributed by atoms with Crippen LogP contribution in [0.4, 0.5) is 4.79 Å². The van der Waals surface area contributed by atoms with Crippen LogP contribution in [0.5, 0.6) is 0 Å². The van der Waals surface area contributed by atoms with Crippen LogP contribution in [-0.4, -0.2) is 150 Å². The first-order valence-electron chi connectivity index (χ1n) is 23.6. The number of nitrogens with zero attached hydrogens (tertiary/aromatic N) is 2. The second-order valence-electron chi connectivity index (χ2n) is 20.1. The molecule has 0 spiro atoms. The smallest absolute Gasteiger partial charge is 0.408 e. The minimum atomic E-state index is -1.40. The average molecular weight is 926 g/mol. The van der Waals surface area contributed by atoms with Crippen molar-refractivity contribution < 1.29 is 62.5 Å². The number of para-hydroxylation sites is 1. The molecule has 4 saturated heterocycles. The Morgan fingerprint density at radius 1 is 0.955 bits per heavy atom. The Morgan fingerprint density at radius 2 is 1.67 bits per heavy atom. The number of pyridine rings is 1. The summed E-state index contributed by atoms with van der Waals surface area (Å²) < 4.78 is 51.9. The lowest BCUT2D eigenvalue weighted by Crippen LogP contribution is -2.61. The number of alkyl carbamates (subject to hydrolysis) is 1. The molecule has 4 fully saturated rings. The van der Waals surface area contributed by atoms with E-state index in [0.717, 1.165) is 16.5 Å². The number of carbonyl (C=O) groups is 3. The third-order valence-electron chi connectivity index (χ3n) is 14.9. The number of benzene rings is 1. The van der Waals surface area contributed by atoms with Crippen LogP contribution in [0.3, 0.4) is 0 Å². The third kappa shape index (κ3) is 10.8. The maximum Gasteiger partial charge on any atom is 0.408 e. The second-order valence-corrected chi connectivity index (χ2v) is 20.1. The molecular weight excluding hydrogens is 851 g/mol. The predicted octanol–water partition coefficient (Wildman–Crippen LogP) is 5.83. The lowest BCUT2D eigenvalue weighted by molar-refractivity contribution is -0.320. The molecule has 18 atom stereocenters. The number of ketones is 1. The molecule has 0 unspecified atom stereocenters. The number of fused-ring (bicyclic) bond motifs is 2. The van der Waals surface area contributed by atoms with Crippen molar-refractivity contribution in [2.45, 2.75) is 179 Å². The van der Waals surface area contributed by atoms with E-state index >= 15 is 0 Å². The average Bonchev–Trinajstić information content (AvgIpc) is 3.60. The zero-order chi connectivity index (χ0) is 48.5. The van der Waals surface area contributed by atoms with Crippen LogP contribution in [0.25, 0.3) is 17.0 Å². The second kappa shape index (κ2) is 21.0. The molecule has 16 heteroatoms. The molecule has 0 aliphatic carbocycles. The van der Waals surface area contributed by atoms with Crippen LogP contribution in [0.2, 0.25) is 0 Å². The van der Waals surface area contributed by atoms with Gasteiger partial charge in [0.15, 0.2) is 18.2 Å². The van der Waals surface area contributed by atoms with E-state index < -0.39 is 108 Å². The number of esters is 1. The van der Waals surface area contributed by atoms with Gasteiger partial charge in [-0.05, 0) is 92.6 Å². The summed E-state index contributed by atoms with van der Waals surface area (Å²) in [4.78, 5) is 49.2. The fraction of sp³-hybridized carbons (Fsp3) is 0.720.